The molecule has 0 fully saturated rings. The number of hydrogen-bond donors (Lipinski definition) is 2. The second-order valence-corrected chi connectivity index (χ2v) is 3.69. The quantitative estimate of drug-likeness (QED) is 0.609. The Kier molecular flexibility index (Phi) is 3.60. The summed E-state index contributed by atoms with van der Waals surface area (Å²) in [4.78, 5) is 21.4. The maximum absolute atomic E-state index is 10.9. The third-order valence-electron chi connectivity index (χ3n) is 2.29. The van der Waals surface area contributed by atoms with Gasteiger partial charge in [-0.2, -0.15) is 4.91 Å². The highest BCUT2D eigenvalue weighted by molar-refractivity contribution is 5.89. The summed E-state index contributed by atoms with van der Waals surface area (Å²) >= 11 is 0. The second kappa shape index (κ2) is 4.74. The zero-order valence-electron chi connectivity index (χ0n) is 9.44. The van der Waals surface area contributed by atoms with Crippen LogP contribution in [0.2, 0.25) is 0 Å². The fraction of sp³-hybridized carbons (Fsp3) is 0.364. The molecule has 5 heteroatoms. The lowest BCUT2D eigenvalue weighted by atomic mass is 10.0. The number of nitrogens with zero attached hydrogens (tertiary/aromatic N) is 1. The summed E-state index contributed by atoms with van der Waals surface area (Å²) in [6.45, 7) is 4.73. The van der Waals surface area contributed by atoms with Gasteiger partial charge >= 0.3 is 0 Å². The van der Waals surface area contributed by atoms with E-state index in [-0.39, 0.29) is 11.7 Å². The summed E-state index contributed by atoms with van der Waals surface area (Å²) < 4.78 is 0. The molecule has 1 rings (SSSR count). The van der Waals surface area contributed by atoms with Crippen LogP contribution < -0.4 is 5.32 Å². The average Bonchev–Trinajstić information content (AvgIpc) is 2.20. The summed E-state index contributed by atoms with van der Waals surface area (Å²) in [5.74, 6) is -0.190. The zero-order chi connectivity index (χ0) is 12.3. The highest BCUT2D eigenvalue weighted by Crippen LogP contribution is 2.31. The van der Waals surface area contributed by atoms with Gasteiger partial charge in [0, 0.05) is 18.2 Å². The molecule has 0 bridgehead atoms. The molecule has 16 heavy (non-hydrogen) atoms. The van der Waals surface area contributed by atoms with E-state index < -0.39 is 6.04 Å². The molecule has 0 saturated heterocycles. The molecule has 1 atom stereocenters. The number of aromatic hydroxyl groups is 1. The number of aryl methyl sites for hydroxylation is 1. The van der Waals surface area contributed by atoms with E-state index in [0.29, 0.717) is 11.3 Å². The standard InChI is InChI=1S/C11H14N2O3/c1-6-4-11(15)9(7(2)13-16)5-10(6)12-8(3)14/h4-5,7,15H,1-3H3,(H,12,14). The minimum atomic E-state index is -0.645. The van der Waals surface area contributed by atoms with Crippen LogP contribution >= 0.6 is 0 Å². The molecule has 0 spiro atoms. The third-order valence-corrected chi connectivity index (χ3v) is 2.29. The number of phenolic OH excluding ortho intramolecular Hbond substituents is 1. The monoisotopic (exact) mass is 222 g/mol. The van der Waals surface area contributed by atoms with E-state index in [2.05, 4.69) is 10.5 Å². The Labute approximate surface area is 93.5 Å². The number of benzene rings is 1. The van der Waals surface area contributed by atoms with Gasteiger partial charge in [-0.15, -0.1) is 0 Å². The molecule has 1 unspecified atom stereocenters. The first-order valence-corrected chi connectivity index (χ1v) is 4.89. The molecule has 1 aromatic rings. The Bertz CT molecular complexity index is 429. The summed E-state index contributed by atoms with van der Waals surface area (Å²) in [5, 5.41) is 15.1. The van der Waals surface area contributed by atoms with E-state index in [0.717, 1.165) is 5.56 Å². The van der Waals surface area contributed by atoms with E-state index in [1.807, 2.05) is 0 Å². The van der Waals surface area contributed by atoms with Crippen molar-refractivity contribution in [2.75, 3.05) is 5.32 Å². The third kappa shape index (κ3) is 2.56. The number of rotatable bonds is 3. The van der Waals surface area contributed by atoms with E-state index in [9.17, 15) is 14.8 Å². The maximum atomic E-state index is 10.9. The lowest BCUT2D eigenvalue weighted by Crippen LogP contribution is -2.08. The van der Waals surface area contributed by atoms with E-state index in [1.54, 1.807) is 19.9 Å². The highest BCUT2D eigenvalue weighted by atomic mass is 16.3. The number of phenols is 1. The van der Waals surface area contributed by atoms with Crippen molar-refractivity contribution in [2.45, 2.75) is 26.8 Å². The van der Waals surface area contributed by atoms with Gasteiger partial charge in [0.2, 0.25) is 5.91 Å². The van der Waals surface area contributed by atoms with Crippen LogP contribution in [0.4, 0.5) is 5.69 Å². The first-order valence-electron chi connectivity index (χ1n) is 4.89. The predicted octanol–water partition coefficient (Wildman–Crippen LogP) is 2.49. The molecule has 0 aliphatic carbocycles. The minimum absolute atomic E-state index is 0.0127. The minimum Gasteiger partial charge on any atom is -0.508 e. The molecule has 2 N–H and O–H groups in total. The molecule has 0 radical (unpaired) electrons. The van der Waals surface area contributed by atoms with Crippen molar-refractivity contribution in [3.8, 4) is 5.75 Å². The molecular weight excluding hydrogens is 208 g/mol. The normalized spacial score (nSPS) is 11.9. The lowest BCUT2D eigenvalue weighted by molar-refractivity contribution is -0.114. The predicted molar refractivity (Wildman–Crippen MR) is 61.4 cm³/mol. The Hall–Kier alpha value is -1.91. The van der Waals surface area contributed by atoms with Crippen molar-refractivity contribution in [2.24, 2.45) is 5.18 Å². The van der Waals surface area contributed by atoms with Crippen LogP contribution in [0.25, 0.3) is 0 Å². The van der Waals surface area contributed by atoms with Gasteiger partial charge in [0.25, 0.3) is 0 Å². The number of amides is 1. The first kappa shape index (κ1) is 12.2. The molecular formula is C11H14N2O3. The smallest absolute Gasteiger partial charge is 0.221 e. The highest BCUT2D eigenvalue weighted by Gasteiger charge is 2.13. The summed E-state index contributed by atoms with van der Waals surface area (Å²) in [6.07, 6.45) is 0. The average molecular weight is 222 g/mol. The molecule has 0 aromatic heterocycles. The van der Waals surface area contributed by atoms with E-state index in [4.69, 9.17) is 0 Å². The number of nitroso groups, excluding NO2 is 1. The second-order valence-electron chi connectivity index (χ2n) is 3.69. The summed E-state index contributed by atoms with van der Waals surface area (Å²) in [7, 11) is 0. The molecule has 1 aromatic carbocycles. The van der Waals surface area contributed by atoms with Gasteiger partial charge in [0.05, 0.1) is 0 Å². The number of carbonyl (C=O) groups is 1. The van der Waals surface area contributed by atoms with Crippen molar-refractivity contribution in [3.05, 3.63) is 28.2 Å². The van der Waals surface area contributed by atoms with Gasteiger partial charge in [0.1, 0.15) is 11.8 Å². The van der Waals surface area contributed by atoms with Gasteiger partial charge in [0.15, 0.2) is 0 Å². The van der Waals surface area contributed by atoms with Gasteiger partial charge < -0.3 is 10.4 Å². The van der Waals surface area contributed by atoms with Crippen LogP contribution in [0, 0.1) is 11.8 Å². The van der Waals surface area contributed by atoms with Crippen molar-refractivity contribution in [1.29, 1.82) is 0 Å². The Balaban J connectivity index is 3.20. The molecule has 5 nitrogen and oxygen atoms in total. The summed E-state index contributed by atoms with van der Waals surface area (Å²) in [5.41, 5.74) is 1.72. The largest absolute Gasteiger partial charge is 0.508 e. The SMILES string of the molecule is CC(=O)Nc1cc(C(C)N=O)c(O)cc1C. The fourth-order valence-corrected chi connectivity index (χ4v) is 1.43. The summed E-state index contributed by atoms with van der Waals surface area (Å²) in [6, 6.07) is 2.42. The topological polar surface area (TPSA) is 78.8 Å². The van der Waals surface area contributed by atoms with Crippen molar-refractivity contribution < 1.29 is 9.90 Å². The number of carbonyl (C=O) groups excluding carboxylic acids is 1. The van der Waals surface area contributed by atoms with Crippen LogP contribution in [0.5, 0.6) is 5.75 Å². The Morgan fingerprint density at radius 1 is 1.50 bits per heavy atom. The molecule has 0 aliphatic rings. The number of hydrogen-bond acceptors (Lipinski definition) is 4. The Morgan fingerprint density at radius 3 is 2.62 bits per heavy atom. The Morgan fingerprint density at radius 2 is 2.12 bits per heavy atom. The molecule has 86 valence electrons. The van der Waals surface area contributed by atoms with Gasteiger partial charge in [-0.25, -0.2) is 0 Å². The van der Waals surface area contributed by atoms with Gasteiger partial charge in [-0.1, -0.05) is 5.18 Å². The van der Waals surface area contributed by atoms with Gasteiger partial charge in [-0.3, -0.25) is 4.79 Å². The molecule has 0 heterocycles. The van der Waals surface area contributed by atoms with Crippen LogP contribution in [0.3, 0.4) is 0 Å². The van der Waals surface area contributed by atoms with Crippen molar-refractivity contribution >= 4 is 11.6 Å². The maximum Gasteiger partial charge on any atom is 0.221 e. The van der Waals surface area contributed by atoms with Crippen LogP contribution in [-0.4, -0.2) is 11.0 Å². The van der Waals surface area contributed by atoms with E-state index >= 15 is 0 Å². The lowest BCUT2D eigenvalue weighted by Gasteiger charge is -2.12. The fourth-order valence-electron chi connectivity index (χ4n) is 1.43. The van der Waals surface area contributed by atoms with Crippen molar-refractivity contribution in [1.82, 2.24) is 0 Å². The van der Waals surface area contributed by atoms with Crippen LogP contribution in [0.15, 0.2) is 17.3 Å². The van der Waals surface area contributed by atoms with Crippen molar-refractivity contribution in [3.63, 3.8) is 0 Å². The molecule has 0 saturated carbocycles. The molecule has 0 aliphatic heterocycles. The molecule has 1 amide bonds. The zero-order valence-corrected chi connectivity index (χ0v) is 9.44. The van der Waals surface area contributed by atoms with E-state index in [1.165, 1.54) is 13.0 Å². The van der Waals surface area contributed by atoms with Crippen LogP contribution in [0.1, 0.15) is 31.0 Å². The van der Waals surface area contributed by atoms with Crippen LogP contribution in [-0.2, 0) is 4.79 Å². The van der Waals surface area contributed by atoms with Gasteiger partial charge in [-0.05, 0) is 31.5 Å². The number of nitrogens with one attached hydrogen (secondary N) is 1. The first-order chi connectivity index (χ1) is 7.45. The number of anilines is 1.